The SMILES string of the molecule is Cc1ccc(S(=O)(=O)N(C)CC(=O)Nc2ccccc2F)cc1. The zero-order valence-corrected chi connectivity index (χ0v) is 13.6. The van der Waals surface area contributed by atoms with Crippen LogP contribution in [0, 0.1) is 12.7 Å². The second kappa shape index (κ2) is 6.89. The summed E-state index contributed by atoms with van der Waals surface area (Å²) in [6, 6.07) is 12.0. The van der Waals surface area contributed by atoms with Crippen molar-refractivity contribution in [3.63, 3.8) is 0 Å². The fourth-order valence-corrected chi connectivity index (χ4v) is 3.06. The van der Waals surface area contributed by atoms with Gasteiger partial charge in [-0.15, -0.1) is 0 Å². The quantitative estimate of drug-likeness (QED) is 0.912. The van der Waals surface area contributed by atoms with Crippen LogP contribution in [-0.2, 0) is 14.8 Å². The summed E-state index contributed by atoms with van der Waals surface area (Å²) >= 11 is 0. The van der Waals surface area contributed by atoms with Crippen molar-refractivity contribution in [2.24, 2.45) is 0 Å². The first-order valence-electron chi connectivity index (χ1n) is 6.88. The number of amides is 1. The number of halogens is 1. The first kappa shape index (κ1) is 17.1. The number of benzene rings is 2. The number of anilines is 1. The van der Waals surface area contributed by atoms with Gasteiger partial charge in [0.15, 0.2) is 0 Å². The maximum atomic E-state index is 13.5. The molecule has 0 saturated heterocycles. The highest BCUT2D eigenvalue weighted by Crippen LogP contribution is 2.16. The molecular weight excluding hydrogens is 319 g/mol. The Morgan fingerprint density at radius 1 is 1.13 bits per heavy atom. The van der Waals surface area contributed by atoms with E-state index in [-0.39, 0.29) is 10.6 Å². The zero-order valence-electron chi connectivity index (χ0n) is 12.8. The number of aryl methyl sites for hydroxylation is 1. The van der Waals surface area contributed by atoms with Gasteiger partial charge in [0.2, 0.25) is 15.9 Å². The molecule has 0 radical (unpaired) electrons. The molecule has 0 fully saturated rings. The van der Waals surface area contributed by atoms with Gasteiger partial charge >= 0.3 is 0 Å². The van der Waals surface area contributed by atoms with Gasteiger partial charge in [-0.05, 0) is 31.2 Å². The van der Waals surface area contributed by atoms with E-state index in [1.165, 1.54) is 37.4 Å². The fraction of sp³-hybridized carbons (Fsp3) is 0.188. The van der Waals surface area contributed by atoms with Gasteiger partial charge in [-0.1, -0.05) is 29.8 Å². The van der Waals surface area contributed by atoms with Crippen molar-refractivity contribution >= 4 is 21.6 Å². The summed E-state index contributed by atoms with van der Waals surface area (Å²) in [4.78, 5) is 12.0. The zero-order chi connectivity index (χ0) is 17.0. The van der Waals surface area contributed by atoms with Crippen LogP contribution in [0.3, 0.4) is 0 Å². The molecule has 0 spiro atoms. The number of sulfonamides is 1. The molecular formula is C16H17FN2O3S. The van der Waals surface area contributed by atoms with Crippen molar-refractivity contribution in [2.75, 3.05) is 18.9 Å². The number of hydrogen-bond acceptors (Lipinski definition) is 3. The molecule has 0 aliphatic heterocycles. The third-order valence-corrected chi connectivity index (χ3v) is 5.06. The van der Waals surface area contributed by atoms with Crippen LogP contribution in [0.4, 0.5) is 10.1 Å². The molecule has 2 aromatic carbocycles. The molecule has 5 nitrogen and oxygen atoms in total. The molecule has 1 amide bonds. The summed E-state index contributed by atoms with van der Waals surface area (Å²) in [5.74, 6) is -1.20. The van der Waals surface area contributed by atoms with Crippen molar-refractivity contribution in [1.82, 2.24) is 4.31 Å². The number of para-hydroxylation sites is 1. The maximum absolute atomic E-state index is 13.5. The Bertz CT molecular complexity index is 804. The normalized spacial score (nSPS) is 11.5. The van der Waals surface area contributed by atoms with Crippen LogP contribution in [-0.4, -0.2) is 32.2 Å². The van der Waals surface area contributed by atoms with E-state index in [1.54, 1.807) is 18.2 Å². The second-order valence-electron chi connectivity index (χ2n) is 5.10. The lowest BCUT2D eigenvalue weighted by molar-refractivity contribution is -0.116. The van der Waals surface area contributed by atoms with Gasteiger partial charge in [0, 0.05) is 7.05 Å². The first-order valence-corrected chi connectivity index (χ1v) is 8.32. The predicted octanol–water partition coefficient (Wildman–Crippen LogP) is 2.39. The fourth-order valence-electron chi connectivity index (χ4n) is 1.93. The molecule has 2 aromatic rings. The van der Waals surface area contributed by atoms with Crippen molar-refractivity contribution in [2.45, 2.75) is 11.8 Å². The first-order chi connectivity index (χ1) is 10.8. The summed E-state index contributed by atoms with van der Waals surface area (Å²) in [5, 5.41) is 2.35. The van der Waals surface area contributed by atoms with Gasteiger partial charge in [-0.2, -0.15) is 4.31 Å². The summed E-state index contributed by atoms with van der Waals surface area (Å²) in [6.45, 7) is 1.44. The average molecular weight is 336 g/mol. The van der Waals surface area contributed by atoms with Crippen LogP contribution in [0.15, 0.2) is 53.4 Å². The van der Waals surface area contributed by atoms with Crippen molar-refractivity contribution < 1.29 is 17.6 Å². The molecule has 23 heavy (non-hydrogen) atoms. The Kier molecular flexibility index (Phi) is 5.12. The molecule has 1 N–H and O–H groups in total. The molecule has 0 aliphatic carbocycles. The molecule has 122 valence electrons. The number of carbonyl (C=O) groups excluding carboxylic acids is 1. The standard InChI is InChI=1S/C16H17FN2O3S/c1-12-7-9-13(10-8-12)23(21,22)19(2)11-16(20)18-15-6-4-3-5-14(15)17/h3-10H,11H2,1-2H3,(H,18,20). The minimum absolute atomic E-state index is 0.0126. The van der Waals surface area contributed by atoms with E-state index in [0.29, 0.717) is 0 Å². The van der Waals surface area contributed by atoms with Crippen LogP contribution in [0.1, 0.15) is 5.56 Å². The topological polar surface area (TPSA) is 66.5 Å². The van der Waals surface area contributed by atoms with E-state index < -0.39 is 28.3 Å². The van der Waals surface area contributed by atoms with Gasteiger partial charge in [0.05, 0.1) is 17.1 Å². The summed E-state index contributed by atoms with van der Waals surface area (Å²) in [7, 11) is -2.47. The van der Waals surface area contributed by atoms with Gasteiger partial charge < -0.3 is 5.32 Å². The maximum Gasteiger partial charge on any atom is 0.243 e. The average Bonchev–Trinajstić information content (AvgIpc) is 2.50. The minimum Gasteiger partial charge on any atom is -0.322 e. The van der Waals surface area contributed by atoms with Crippen LogP contribution in [0.5, 0.6) is 0 Å². The van der Waals surface area contributed by atoms with Crippen LogP contribution >= 0.6 is 0 Å². The molecule has 0 unspecified atom stereocenters. The largest absolute Gasteiger partial charge is 0.322 e. The molecule has 0 atom stereocenters. The summed E-state index contributed by atoms with van der Waals surface area (Å²) < 4.78 is 39.1. The van der Waals surface area contributed by atoms with Crippen molar-refractivity contribution in [3.05, 3.63) is 59.9 Å². The number of nitrogens with one attached hydrogen (secondary N) is 1. The summed E-state index contributed by atoms with van der Waals surface area (Å²) in [5.41, 5.74) is 0.947. The number of rotatable bonds is 5. The molecule has 7 heteroatoms. The van der Waals surface area contributed by atoms with Crippen LogP contribution in [0.25, 0.3) is 0 Å². The number of nitrogens with zero attached hydrogens (tertiary/aromatic N) is 1. The number of likely N-dealkylation sites (N-methyl/N-ethyl adjacent to an activating group) is 1. The van der Waals surface area contributed by atoms with E-state index in [0.717, 1.165) is 9.87 Å². The van der Waals surface area contributed by atoms with E-state index in [4.69, 9.17) is 0 Å². The highest BCUT2D eigenvalue weighted by Gasteiger charge is 2.23. The minimum atomic E-state index is -3.77. The van der Waals surface area contributed by atoms with Gasteiger partial charge in [0.25, 0.3) is 0 Å². The van der Waals surface area contributed by atoms with E-state index in [2.05, 4.69) is 5.32 Å². The van der Waals surface area contributed by atoms with Gasteiger partial charge in [-0.25, -0.2) is 12.8 Å². The highest BCUT2D eigenvalue weighted by atomic mass is 32.2. The lowest BCUT2D eigenvalue weighted by Gasteiger charge is -2.17. The van der Waals surface area contributed by atoms with Crippen molar-refractivity contribution in [1.29, 1.82) is 0 Å². The smallest absolute Gasteiger partial charge is 0.243 e. The monoisotopic (exact) mass is 336 g/mol. The molecule has 0 heterocycles. The van der Waals surface area contributed by atoms with E-state index in [9.17, 15) is 17.6 Å². The van der Waals surface area contributed by atoms with E-state index >= 15 is 0 Å². The molecule has 0 aromatic heterocycles. The Labute approximate surface area is 134 Å². The molecule has 2 rings (SSSR count). The Balaban J connectivity index is 2.08. The Morgan fingerprint density at radius 2 is 1.74 bits per heavy atom. The van der Waals surface area contributed by atoms with Crippen LogP contribution in [0.2, 0.25) is 0 Å². The predicted molar refractivity (Wildman–Crippen MR) is 86.0 cm³/mol. The van der Waals surface area contributed by atoms with Gasteiger partial charge in [0.1, 0.15) is 5.82 Å². The third kappa shape index (κ3) is 4.14. The highest BCUT2D eigenvalue weighted by molar-refractivity contribution is 7.89. The molecule has 0 bridgehead atoms. The lowest BCUT2D eigenvalue weighted by atomic mass is 10.2. The van der Waals surface area contributed by atoms with E-state index in [1.807, 2.05) is 6.92 Å². The van der Waals surface area contributed by atoms with Gasteiger partial charge in [-0.3, -0.25) is 4.79 Å². The summed E-state index contributed by atoms with van der Waals surface area (Å²) in [6.07, 6.45) is 0. The third-order valence-electron chi connectivity index (χ3n) is 3.24. The second-order valence-corrected chi connectivity index (χ2v) is 7.15. The lowest BCUT2D eigenvalue weighted by Crippen LogP contribution is -2.35. The van der Waals surface area contributed by atoms with Crippen molar-refractivity contribution in [3.8, 4) is 0 Å². The molecule has 0 saturated carbocycles. The van der Waals surface area contributed by atoms with Crippen LogP contribution < -0.4 is 5.32 Å². The Hall–Kier alpha value is -2.25. The molecule has 0 aliphatic rings. The Morgan fingerprint density at radius 3 is 2.35 bits per heavy atom. The number of carbonyl (C=O) groups is 1. The number of hydrogen-bond donors (Lipinski definition) is 1.